The summed E-state index contributed by atoms with van der Waals surface area (Å²) < 4.78 is 5.14. The van der Waals surface area contributed by atoms with Crippen molar-refractivity contribution in [2.75, 3.05) is 13.1 Å². The van der Waals surface area contributed by atoms with Crippen LogP contribution >= 0.6 is 0 Å². The van der Waals surface area contributed by atoms with Crippen LogP contribution in [0.2, 0.25) is 0 Å². The highest BCUT2D eigenvalue weighted by Gasteiger charge is 2.32. The lowest BCUT2D eigenvalue weighted by atomic mass is 9.78. The topological polar surface area (TPSA) is 65.6 Å². The zero-order valence-corrected chi connectivity index (χ0v) is 11.6. The van der Waals surface area contributed by atoms with E-state index in [0.29, 0.717) is 18.8 Å². The van der Waals surface area contributed by atoms with E-state index in [4.69, 9.17) is 4.42 Å². The molecule has 0 spiro atoms. The summed E-state index contributed by atoms with van der Waals surface area (Å²) in [5.41, 5.74) is -0.603. The quantitative estimate of drug-likeness (QED) is 0.739. The second kappa shape index (κ2) is 6.55. The van der Waals surface area contributed by atoms with E-state index in [1.165, 1.54) is 6.42 Å². The van der Waals surface area contributed by atoms with E-state index in [2.05, 4.69) is 12.2 Å². The molecule has 1 aliphatic rings. The minimum absolute atomic E-state index is 0.410. The predicted octanol–water partition coefficient (Wildman–Crippen LogP) is 2.23. The van der Waals surface area contributed by atoms with Crippen LogP contribution in [0.25, 0.3) is 0 Å². The largest absolute Gasteiger partial charge is 0.467 e. The van der Waals surface area contributed by atoms with Crippen molar-refractivity contribution in [2.24, 2.45) is 5.92 Å². The Morgan fingerprint density at radius 2 is 2.21 bits per heavy atom. The van der Waals surface area contributed by atoms with Gasteiger partial charge in [-0.25, -0.2) is 0 Å². The molecule has 1 saturated carbocycles. The van der Waals surface area contributed by atoms with Crippen LogP contribution < -0.4 is 5.32 Å². The molecule has 0 amide bonds. The van der Waals surface area contributed by atoms with E-state index in [-0.39, 0.29) is 0 Å². The van der Waals surface area contributed by atoms with Crippen molar-refractivity contribution in [3.63, 3.8) is 0 Å². The predicted molar refractivity (Wildman–Crippen MR) is 73.7 cm³/mol. The van der Waals surface area contributed by atoms with Crippen molar-refractivity contribution < 1.29 is 14.6 Å². The smallest absolute Gasteiger partial charge is 0.133 e. The number of furan rings is 1. The Bertz CT molecular complexity index is 355. The third-order valence-electron chi connectivity index (χ3n) is 4.28. The van der Waals surface area contributed by atoms with Crippen molar-refractivity contribution in [3.05, 3.63) is 24.2 Å². The van der Waals surface area contributed by atoms with E-state index < -0.39 is 11.7 Å². The first kappa shape index (κ1) is 14.6. The highest BCUT2D eigenvalue weighted by molar-refractivity contribution is 5.02. The van der Waals surface area contributed by atoms with Gasteiger partial charge in [0.1, 0.15) is 11.9 Å². The molecule has 0 saturated heterocycles. The van der Waals surface area contributed by atoms with Gasteiger partial charge >= 0.3 is 0 Å². The van der Waals surface area contributed by atoms with Gasteiger partial charge in [-0.3, -0.25) is 0 Å². The van der Waals surface area contributed by atoms with Gasteiger partial charge in [-0.15, -0.1) is 0 Å². The molecule has 0 aliphatic heterocycles. The Hall–Kier alpha value is -0.840. The standard InChI is InChI=1S/C15H25NO3/c1-2-12-5-7-15(18,8-6-12)11-16-10-13(17)14-4-3-9-19-14/h3-4,9,12-13,16-18H,2,5-8,10-11H2,1H3. The number of aliphatic hydroxyl groups is 2. The van der Waals surface area contributed by atoms with Gasteiger partial charge in [0.05, 0.1) is 11.9 Å². The molecule has 19 heavy (non-hydrogen) atoms. The number of hydrogen-bond acceptors (Lipinski definition) is 4. The summed E-state index contributed by atoms with van der Waals surface area (Å²) in [4.78, 5) is 0. The first-order chi connectivity index (χ1) is 9.13. The Kier molecular flexibility index (Phi) is 5.02. The lowest BCUT2D eigenvalue weighted by molar-refractivity contribution is -0.0109. The van der Waals surface area contributed by atoms with Gasteiger partial charge in [0.15, 0.2) is 0 Å². The van der Waals surface area contributed by atoms with Gasteiger partial charge in [0.25, 0.3) is 0 Å². The minimum atomic E-state index is -0.648. The number of nitrogens with one attached hydrogen (secondary N) is 1. The van der Waals surface area contributed by atoms with Crippen molar-refractivity contribution in [2.45, 2.75) is 50.7 Å². The minimum Gasteiger partial charge on any atom is -0.467 e. The van der Waals surface area contributed by atoms with Crippen LogP contribution in [0.5, 0.6) is 0 Å². The Balaban J connectivity index is 1.70. The van der Waals surface area contributed by atoms with Gasteiger partial charge in [0.2, 0.25) is 0 Å². The molecular weight excluding hydrogens is 242 g/mol. The van der Waals surface area contributed by atoms with Gasteiger partial charge < -0.3 is 19.9 Å². The fourth-order valence-corrected chi connectivity index (χ4v) is 2.82. The zero-order chi connectivity index (χ0) is 13.7. The van der Waals surface area contributed by atoms with E-state index in [9.17, 15) is 10.2 Å². The van der Waals surface area contributed by atoms with Gasteiger partial charge in [0, 0.05) is 13.1 Å². The van der Waals surface area contributed by atoms with Gasteiger partial charge in [-0.2, -0.15) is 0 Å². The Morgan fingerprint density at radius 1 is 1.47 bits per heavy atom. The van der Waals surface area contributed by atoms with E-state index >= 15 is 0 Å². The molecule has 4 heteroatoms. The first-order valence-corrected chi connectivity index (χ1v) is 7.27. The maximum atomic E-state index is 10.5. The van der Waals surface area contributed by atoms with Crippen molar-refractivity contribution >= 4 is 0 Å². The number of rotatable bonds is 6. The van der Waals surface area contributed by atoms with Crippen LogP contribution in [0.4, 0.5) is 0 Å². The maximum absolute atomic E-state index is 10.5. The van der Waals surface area contributed by atoms with E-state index in [1.807, 2.05) is 0 Å². The normalized spacial score (nSPS) is 29.3. The molecule has 1 atom stereocenters. The first-order valence-electron chi connectivity index (χ1n) is 7.27. The zero-order valence-electron chi connectivity index (χ0n) is 11.6. The highest BCUT2D eigenvalue weighted by atomic mass is 16.4. The van der Waals surface area contributed by atoms with Crippen LogP contribution in [-0.4, -0.2) is 28.9 Å². The SMILES string of the molecule is CCC1CCC(O)(CNCC(O)c2ccco2)CC1. The molecule has 1 fully saturated rings. The van der Waals surface area contributed by atoms with E-state index in [1.54, 1.807) is 18.4 Å². The molecule has 0 aromatic carbocycles. The molecule has 1 unspecified atom stereocenters. The maximum Gasteiger partial charge on any atom is 0.133 e. The average Bonchev–Trinajstić information content (AvgIpc) is 2.93. The van der Waals surface area contributed by atoms with Crippen molar-refractivity contribution in [1.29, 1.82) is 0 Å². The molecule has 2 rings (SSSR count). The molecule has 4 nitrogen and oxygen atoms in total. The van der Waals surface area contributed by atoms with Gasteiger partial charge in [-0.1, -0.05) is 13.3 Å². The highest BCUT2D eigenvalue weighted by Crippen LogP contribution is 2.33. The number of hydrogen-bond donors (Lipinski definition) is 3. The third-order valence-corrected chi connectivity index (χ3v) is 4.28. The Labute approximate surface area is 114 Å². The summed E-state index contributed by atoms with van der Waals surface area (Å²) in [6.07, 6.45) is 6.04. The molecule has 0 radical (unpaired) electrons. The van der Waals surface area contributed by atoms with E-state index in [0.717, 1.165) is 31.6 Å². The lowest BCUT2D eigenvalue weighted by Crippen LogP contribution is -2.44. The molecule has 108 valence electrons. The van der Waals surface area contributed by atoms with Crippen LogP contribution in [0.3, 0.4) is 0 Å². The third kappa shape index (κ3) is 4.06. The molecule has 0 bridgehead atoms. The fraction of sp³-hybridized carbons (Fsp3) is 0.733. The lowest BCUT2D eigenvalue weighted by Gasteiger charge is -2.36. The summed E-state index contributed by atoms with van der Waals surface area (Å²) in [5, 5.41) is 23.5. The Morgan fingerprint density at radius 3 is 2.79 bits per heavy atom. The molecule has 1 heterocycles. The summed E-state index contributed by atoms with van der Waals surface area (Å²) in [6.45, 7) is 3.17. The second-order valence-corrected chi connectivity index (χ2v) is 5.74. The van der Waals surface area contributed by atoms with Crippen molar-refractivity contribution in [3.8, 4) is 0 Å². The van der Waals surface area contributed by atoms with Crippen LogP contribution in [0, 0.1) is 5.92 Å². The summed E-state index contributed by atoms with van der Waals surface area (Å²) >= 11 is 0. The molecule has 1 aromatic rings. The fourth-order valence-electron chi connectivity index (χ4n) is 2.82. The van der Waals surface area contributed by atoms with Crippen LogP contribution in [0.1, 0.15) is 50.9 Å². The number of aliphatic hydroxyl groups excluding tert-OH is 1. The second-order valence-electron chi connectivity index (χ2n) is 5.74. The monoisotopic (exact) mass is 267 g/mol. The summed E-state index contributed by atoms with van der Waals surface area (Å²) in [5.74, 6) is 1.34. The van der Waals surface area contributed by atoms with Crippen LogP contribution in [-0.2, 0) is 0 Å². The molecule has 1 aliphatic carbocycles. The van der Waals surface area contributed by atoms with Crippen molar-refractivity contribution in [1.82, 2.24) is 5.32 Å². The molecular formula is C15H25NO3. The summed E-state index contributed by atoms with van der Waals surface area (Å²) in [7, 11) is 0. The van der Waals surface area contributed by atoms with Crippen LogP contribution in [0.15, 0.2) is 22.8 Å². The average molecular weight is 267 g/mol. The molecule has 3 N–H and O–H groups in total. The van der Waals surface area contributed by atoms with Gasteiger partial charge in [-0.05, 0) is 43.7 Å². The molecule has 1 aromatic heterocycles. The summed E-state index contributed by atoms with van der Waals surface area (Å²) in [6, 6.07) is 3.52.